The summed E-state index contributed by atoms with van der Waals surface area (Å²) in [4.78, 5) is 10.8. The number of nitrogens with zero attached hydrogens (tertiary/aromatic N) is 1. The molecule has 1 heterocycles. The average molecular weight is 292 g/mol. The molecule has 0 atom stereocenters. The summed E-state index contributed by atoms with van der Waals surface area (Å²) in [6.45, 7) is 0.0854. The highest BCUT2D eigenvalue weighted by Gasteiger charge is 2.23. The number of nitro benzene ring substituents is 1. The molecule has 0 aromatic heterocycles. The highest BCUT2D eigenvalue weighted by Crippen LogP contribution is 2.39. The largest absolute Gasteiger partial charge is 0.454 e. The molecule has 6 heteroatoms. The van der Waals surface area contributed by atoms with E-state index in [2.05, 4.69) is 0 Å². The molecule has 3 rings (SSSR count). The second-order valence-corrected chi connectivity index (χ2v) is 4.77. The van der Waals surface area contributed by atoms with Gasteiger partial charge in [0.25, 0.3) is 5.69 Å². The van der Waals surface area contributed by atoms with Gasteiger partial charge < -0.3 is 9.47 Å². The molecule has 2 aromatic carbocycles. The third-order valence-corrected chi connectivity index (χ3v) is 3.48. The third-order valence-electron chi connectivity index (χ3n) is 3.11. The monoisotopic (exact) mass is 291 g/mol. The number of halogens is 1. The molecule has 0 fully saturated rings. The molecule has 0 unspecified atom stereocenters. The highest BCUT2D eigenvalue weighted by molar-refractivity contribution is 6.31. The Morgan fingerprint density at radius 2 is 1.85 bits per heavy atom. The minimum Gasteiger partial charge on any atom is -0.454 e. The lowest BCUT2D eigenvalue weighted by Crippen LogP contribution is -1.97. The fourth-order valence-corrected chi connectivity index (χ4v) is 2.33. The van der Waals surface area contributed by atoms with E-state index in [0.29, 0.717) is 28.5 Å². The molecule has 0 spiro atoms. The Kier molecular flexibility index (Phi) is 3.20. The number of hydrogen-bond donors (Lipinski definition) is 0. The van der Waals surface area contributed by atoms with Crippen molar-refractivity contribution in [3.8, 4) is 11.5 Å². The average Bonchev–Trinajstić information content (AvgIpc) is 2.87. The molecule has 5 nitrogen and oxygen atoms in total. The van der Waals surface area contributed by atoms with Crippen LogP contribution in [-0.4, -0.2) is 11.7 Å². The van der Waals surface area contributed by atoms with Crippen LogP contribution in [0.3, 0.4) is 0 Å². The van der Waals surface area contributed by atoms with E-state index in [1.54, 1.807) is 12.1 Å². The van der Waals surface area contributed by atoms with Crippen molar-refractivity contribution in [2.24, 2.45) is 0 Å². The second kappa shape index (κ2) is 5.02. The van der Waals surface area contributed by atoms with Gasteiger partial charge in [-0.25, -0.2) is 0 Å². The molecule has 1 aliphatic rings. The molecule has 0 saturated heterocycles. The van der Waals surface area contributed by atoms with Crippen LogP contribution in [0.15, 0.2) is 36.4 Å². The Hall–Kier alpha value is -2.27. The van der Waals surface area contributed by atoms with Crippen molar-refractivity contribution in [1.82, 2.24) is 0 Å². The van der Waals surface area contributed by atoms with Crippen molar-refractivity contribution in [3.63, 3.8) is 0 Å². The van der Waals surface area contributed by atoms with Crippen molar-refractivity contribution in [2.75, 3.05) is 6.79 Å². The topological polar surface area (TPSA) is 61.6 Å². The maximum atomic E-state index is 11.2. The summed E-state index contributed by atoms with van der Waals surface area (Å²) in [5, 5.41) is 11.8. The lowest BCUT2D eigenvalue weighted by atomic mass is 10.0. The fourth-order valence-electron chi connectivity index (χ4n) is 2.13. The highest BCUT2D eigenvalue weighted by atomic mass is 35.5. The van der Waals surface area contributed by atoms with Crippen LogP contribution in [0.1, 0.15) is 11.1 Å². The zero-order valence-electron chi connectivity index (χ0n) is 10.3. The molecule has 0 bridgehead atoms. The van der Waals surface area contributed by atoms with Crippen LogP contribution >= 0.6 is 11.6 Å². The number of nitro groups is 1. The van der Waals surface area contributed by atoms with Crippen molar-refractivity contribution in [1.29, 1.82) is 0 Å². The van der Waals surface area contributed by atoms with Gasteiger partial charge in [0.05, 0.1) is 11.0 Å². The molecule has 102 valence electrons. The summed E-state index contributed by atoms with van der Waals surface area (Å²) in [5.41, 5.74) is 1.39. The van der Waals surface area contributed by atoms with Crippen LogP contribution in [0.5, 0.6) is 11.5 Å². The zero-order chi connectivity index (χ0) is 14.1. The summed E-state index contributed by atoms with van der Waals surface area (Å²) in [6.07, 6.45) is 0.368. The van der Waals surface area contributed by atoms with Crippen LogP contribution in [0, 0.1) is 10.1 Å². The molecular weight excluding hydrogens is 282 g/mol. The number of fused-ring (bicyclic) bond motifs is 1. The standard InChI is InChI=1S/C14H10ClNO4/c15-11-4-2-1-3-9(11)5-10-6-13-14(20-8-19-13)7-12(10)16(17)18/h1-4,6-7H,5,8H2. The first kappa shape index (κ1) is 12.7. The number of rotatable bonds is 3. The first-order valence-electron chi connectivity index (χ1n) is 5.95. The Morgan fingerprint density at radius 3 is 2.55 bits per heavy atom. The van der Waals surface area contributed by atoms with Gasteiger partial charge in [0.1, 0.15) is 0 Å². The van der Waals surface area contributed by atoms with Gasteiger partial charge in [-0.3, -0.25) is 10.1 Å². The second-order valence-electron chi connectivity index (χ2n) is 4.36. The lowest BCUT2D eigenvalue weighted by molar-refractivity contribution is -0.385. The van der Waals surface area contributed by atoms with E-state index < -0.39 is 4.92 Å². The molecule has 0 N–H and O–H groups in total. The molecule has 20 heavy (non-hydrogen) atoms. The van der Waals surface area contributed by atoms with Crippen LogP contribution in [0.25, 0.3) is 0 Å². The van der Waals surface area contributed by atoms with E-state index in [1.807, 2.05) is 18.2 Å². The first-order chi connectivity index (χ1) is 9.65. The molecule has 1 aliphatic heterocycles. The van der Waals surface area contributed by atoms with E-state index in [-0.39, 0.29) is 12.5 Å². The Labute approximate surface area is 119 Å². The lowest BCUT2D eigenvalue weighted by Gasteiger charge is -2.06. The molecule has 0 saturated carbocycles. The van der Waals surface area contributed by atoms with Gasteiger partial charge in [-0.2, -0.15) is 0 Å². The smallest absolute Gasteiger partial charge is 0.276 e. The molecular formula is C14H10ClNO4. The number of ether oxygens (including phenoxy) is 2. The minimum atomic E-state index is -0.422. The van der Waals surface area contributed by atoms with Crippen molar-refractivity contribution < 1.29 is 14.4 Å². The van der Waals surface area contributed by atoms with Crippen molar-refractivity contribution in [2.45, 2.75) is 6.42 Å². The Balaban J connectivity index is 2.04. The predicted octanol–water partition coefficient (Wildman–Crippen LogP) is 3.57. The maximum absolute atomic E-state index is 11.2. The van der Waals surface area contributed by atoms with E-state index >= 15 is 0 Å². The normalized spacial score (nSPS) is 12.4. The van der Waals surface area contributed by atoms with Gasteiger partial charge in [-0.05, 0) is 17.7 Å². The van der Waals surface area contributed by atoms with Gasteiger partial charge in [-0.1, -0.05) is 29.8 Å². The summed E-state index contributed by atoms with van der Waals surface area (Å²) in [5.74, 6) is 0.928. The quantitative estimate of drug-likeness (QED) is 0.640. The van der Waals surface area contributed by atoms with E-state index in [0.717, 1.165) is 5.56 Å². The molecule has 0 amide bonds. The van der Waals surface area contributed by atoms with Gasteiger partial charge in [0.2, 0.25) is 6.79 Å². The van der Waals surface area contributed by atoms with E-state index in [9.17, 15) is 10.1 Å². The number of benzene rings is 2. The Bertz CT molecular complexity index is 687. The van der Waals surface area contributed by atoms with Gasteiger partial charge in [0.15, 0.2) is 11.5 Å². The van der Waals surface area contributed by atoms with Crippen molar-refractivity contribution >= 4 is 17.3 Å². The minimum absolute atomic E-state index is 0.00849. The Morgan fingerprint density at radius 1 is 1.15 bits per heavy atom. The zero-order valence-corrected chi connectivity index (χ0v) is 11.1. The summed E-state index contributed by atoms with van der Waals surface area (Å²) in [7, 11) is 0. The maximum Gasteiger partial charge on any atom is 0.276 e. The first-order valence-corrected chi connectivity index (χ1v) is 6.33. The van der Waals surface area contributed by atoms with E-state index in [1.165, 1.54) is 6.07 Å². The fraction of sp³-hybridized carbons (Fsp3) is 0.143. The van der Waals surface area contributed by atoms with Gasteiger partial charge in [0, 0.05) is 17.0 Å². The summed E-state index contributed by atoms with van der Waals surface area (Å²) in [6, 6.07) is 10.3. The number of hydrogen-bond acceptors (Lipinski definition) is 4. The molecule has 0 aliphatic carbocycles. The summed E-state index contributed by atoms with van der Waals surface area (Å²) >= 11 is 6.10. The molecule has 0 radical (unpaired) electrons. The summed E-state index contributed by atoms with van der Waals surface area (Å²) < 4.78 is 10.4. The van der Waals surface area contributed by atoms with Crippen molar-refractivity contribution in [3.05, 3.63) is 62.7 Å². The van der Waals surface area contributed by atoms with Gasteiger partial charge in [-0.15, -0.1) is 0 Å². The van der Waals surface area contributed by atoms with Crippen LogP contribution in [0.4, 0.5) is 5.69 Å². The molecule has 2 aromatic rings. The van der Waals surface area contributed by atoms with E-state index in [4.69, 9.17) is 21.1 Å². The predicted molar refractivity (Wildman–Crippen MR) is 73.5 cm³/mol. The van der Waals surface area contributed by atoms with Gasteiger partial charge >= 0.3 is 0 Å². The SMILES string of the molecule is O=[N+]([O-])c1cc2c(cc1Cc1ccccc1Cl)OCO2. The van der Waals surface area contributed by atoms with Crippen LogP contribution in [-0.2, 0) is 6.42 Å². The third kappa shape index (κ3) is 2.28. The van der Waals surface area contributed by atoms with Crippen LogP contribution < -0.4 is 9.47 Å². The van der Waals surface area contributed by atoms with Crippen LogP contribution in [0.2, 0.25) is 5.02 Å².